The number of methoxy groups -OCH3 is 2. The molecule has 118 valence electrons. The quantitative estimate of drug-likeness (QED) is 0.855. The molecule has 1 aliphatic heterocycles. The normalized spacial score (nSPS) is 20.3. The minimum atomic E-state index is -3.86. The number of halogens is 1. The Morgan fingerprint density at radius 2 is 1.86 bits per heavy atom. The van der Waals surface area contributed by atoms with Crippen LogP contribution in [0, 0.1) is 11.7 Å². The molecule has 1 aromatic rings. The molecular weight excluding hydrogens is 297 g/mol. The van der Waals surface area contributed by atoms with Gasteiger partial charge < -0.3 is 9.47 Å². The molecule has 0 N–H and O–H groups in total. The average Bonchev–Trinajstić information content (AvgIpc) is 2.46. The van der Waals surface area contributed by atoms with Crippen LogP contribution in [0.2, 0.25) is 0 Å². The van der Waals surface area contributed by atoms with Crippen LogP contribution >= 0.6 is 0 Å². The second-order valence-electron chi connectivity index (χ2n) is 5.25. The lowest BCUT2D eigenvalue weighted by atomic mass is 10.0. The number of piperidine rings is 1. The number of benzene rings is 1. The Balaban J connectivity index is 2.44. The predicted molar refractivity (Wildman–Crippen MR) is 76.7 cm³/mol. The van der Waals surface area contributed by atoms with Crippen molar-refractivity contribution >= 4 is 10.0 Å². The molecule has 1 atom stereocenters. The number of nitrogens with zero attached hydrogens (tertiary/aromatic N) is 1. The van der Waals surface area contributed by atoms with E-state index in [9.17, 15) is 12.8 Å². The third kappa shape index (κ3) is 3.13. The molecule has 1 fully saturated rings. The van der Waals surface area contributed by atoms with Gasteiger partial charge in [-0.15, -0.1) is 0 Å². The molecule has 0 saturated carbocycles. The summed E-state index contributed by atoms with van der Waals surface area (Å²) in [7, 11) is -1.10. The van der Waals surface area contributed by atoms with Crippen LogP contribution in [0.15, 0.2) is 17.0 Å². The SMILES string of the molecule is COc1cc(F)c(S(=O)(=O)N2CCC[C@@H](C)C2)cc1OC. The fourth-order valence-electron chi connectivity index (χ4n) is 2.54. The van der Waals surface area contributed by atoms with Crippen molar-refractivity contribution in [2.45, 2.75) is 24.7 Å². The van der Waals surface area contributed by atoms with E-state index in [2.05, 4.69) is 0 Å². The van der Waals surface area contributed by atoms with E-state index in [1.165, 1.54) is 24.6 Å². The maximum Gasteiger partial charge on any atom is 0.246 e. The highest BCUT2D eigenvalue weighted by atomic mass is 32.2. The maximum atomic E-state index is 14.2. The first-order chi connectivity index (χ1) is 9.90. The second-order valence-corrected chi connectivity index (χ2v) is 7.15. The molecule has 7 heteroatoms. The molecule has 0 spiro atoms. The van der Waals surface area contributed by atoms with Crippen molar-refractivity contribution in [3.05, 3.63) is 17.9 Å². The van der Waals surface area contributed by atoms with Gasteiger partial charge in [-0.2, -0.15) is 4.31 Å². The Morgan fingerprint density at radius 3 is 2.43 bits per heavy atom. The smallest absolute Gasteiger partial charge is 0.246 e. The van der Waals surface area contributed by atoms with E-state index in [-0.39, 0.29) is 22.3 Å². The molecule has 0 unspecified atom stereocenters. The van der Waals surface area contributed by atoms with Crippen molar-refractivity contribution in [2.24, 2.45) is 5.92 Å². The van der Waals surface area contributed by atoms with Crippen LogP contribution in [0.1, 0.15) is 19.8 Å². The topological polar surface area (TPSA) is 55.8 Å². The molecule has 0 amide bonds. The lowest BCUT2D eigenvalue weighted by Crippen LogP contribution is -2.39. The zero-order valence-electron chi connectivity index (χ0n) is 12.4. The first-order valence-corrected chi connectivity index (χ1v) is 8.25. The summed E-state index contributed by atoms with van der Waals surface area (Å²) in [6.45, 7) is 2.82. The number of ether oxygens (including phenoxy) is 2. The van der Waals surface area contributed by atoms with Crippen molar-refractivity contribution in [3.8, 4) is 11.5 Å². The van der Waals surface area contributed by atoms with Gasteiger partial charge in [-0.3, -0.25) is 0 Å². The number of rotatable bonds is 4. The van der Waals surface area contributed by atoms with Crippen LogP contribution in [0.5, 0.6) is 11.5 Å². The van der Waals surface area contributed by atoms with Gasteiger partial charge in [-0.25, -0.2) is 12.8 Å². The first kappa shape index (κ1) is 16.0. The van der Waals surface area contributed by atoms with E-state index in [0.29, 0.717) is 13.1 Å². The van der Waals surface area contributed by atoms with Gasteiger partial charge in [0.1, 0.15) is 10.7 Å². The Hall–Kier alpha value is -1.34. The fourth-order valence-corrected chi connectivity index (χ4v) is 4.20. The molecule has 1 saturated heterocycles. The Labute approximate surface area is 124 Å². The van der Waals surface area contributed by atoms with Gasteiger partial charge in [0, 0.05) is 25.2 Å². The molecule has 2 rings (SSSR count). The summed E-state index contributed by atoms with van der Waals surface area (Å²) in [5.74, 6) is -0.189. The van der Waals surface area contributed by atoms with Crippen LogP contribution < -0.4 is 9.47 Å². The highest BCUT2D eigenvalue weighted by Crippen LogP contribution is 2.34. The summed E-state index contributed by atoms with van der Waals surface area (Å²) in [5, 5.41) is 0. The van der Waals surface area contributed by atoms with Crippen molar-refractivity contribution in [1.82, 2.24) is 4.31 Å². The maximum absolute atomic E-state index is 14.2. The first-order valence-electron chi connectivity index (χ1n) is 6.81. The number of hydrogen-bond donors (Lipinski definition) is 0. The van der Waals surface area contributed by atoms with E-state index in [1.807, 2.05) is 6.92 Å². The number of hydrogen-bond acceptors (Lipinski definition) is 4. The van der Waals surface area contributed by atoms with Crippen LogP contribution in [0.25, 0.3) is 0 Å². The van der Waals surface area contributed by atoms with E-state index in [4.69, 9.17) is 9.47 Å². The lowest BCUT2D eigenvalue weighted by Gasteiger charge is -2.30. The predicted octanol–water partition coefficient (Wildman–Crippen LogP) is 2.26. The summed E-state index contributed by atoms with van der Waals surface area (Å²) < 4.78 is 50.8. The summed E-state index contributed by atoms with van der Waals surface area (Å²) in [4.78, 5) is -0.366. The van der Waals surface area contributed by atoms with E-state index in [1.54, 1.807) is 0 Å². The Morgan fingerprint density at radius 1 is 1.24 bits per heavy atom. The van der Waals surface area contributed by atoms with Crippen molar-refractivity contribution in [3.63, 3.8) is 0 Å². The van der Waals surface area contributed by atoms with Gasteiger partial charge in [0.2, 0.25) is 10.0 Å². The van der Waals surface area contributed by atoms with Gasteiger partial charge >= 0.3 is 0 Å². The Kier molecular flexibility index (Phi) is 4.73. The van der Waals surface area contributed by atoms with Gasteiger partial charge in [0.25, 0.3) is 0 Å². The highest BCUT2D eigenvalue weighted by molar-refractivity contribution is 7.89. The molecule has 1 heterocycles. The minimum absolute atomic E-state index is 0.168. The largest absolute Gasteiger partial charge is 0.493 e. The van der Waals surface area contributed by atoms with Gasteiger partial charge in [-0.05, 0) is 18.8 Å². The van der Waals surface area contributed by atoms with Crippen LogP contribution in [-0.4, -0.2) is 40.0 Å². The zero-order valence-corrected chi connectivity index (χ0v) is 13.2. The molecule has 0 aromatic heterocycles. The number of sulfonamides is 1. The van der Waals surface area contributed by atoms with Gasteiger partial charge in [0.15, 0.2) is 11.5 Å². The Bertz CT molecular complexity index is 618. The highest BCUT2D eigenvalue weighted by Gasteiger charge is 2.32. The summed E-state index contributed by atoms with van der Waals surface area (Å²) in [6.07, 6.45) is 1.77. The molecule has 0 bridgehead atoms. The van der Waals surface area contributed by atoms with Crippen molar-refractivity contribution in [1.29, 1.82) is 0 Å². The monoisotopic (exact) mass is 317 g/mol. The summed E-state index contributed by atoms with van der Waals surface area (Å²) in [6, 6.07) is 2.22. The van der Waals surface area contributed by atoms with E-state index < -0.39 is 15.8 Å². The molecule has 0 aliphatic carbocycles. The van der Waals surface area contributed by atoms with Crippen molar-refractivity contribution < 1.29 is 22.3 Å². The van der Waals surface area contributed by atoms with Crippen LogP contribution in [-0.2, 0) is 10.0 Å². The molecule has 5 nitrogen and oxygen atoms in total. The molecule has 1 aliphatic rings. The lowest BCUT2D eigenvalue weighted by molar-refractivity contribution is 0.280. The summed E-state index contributed by atoms with van der Waals surface area (Å²) >= 11 is 0. The molecular formula is C14H20FNO4S. The average molecular weight is 317 g/mol. The third-order valence-corrected chi connectivity index (χ3v) is 5.56. The molecule has 1 aromatic carbocycles. The van der Waals surface area contributed by atoms with Crippen LogP contribution in [0.3, 0.4) is 0 Å². The third-order valence-electron chi connectivity index (χ3n) is 3.68. The van der Waals surface area contributed by atoms with Gasteiger partial charge in [-0.1, -0.05) is 6.92 Å². The standard InChI is InChI=1S/C14H20FNO4S/c1-10-5-4-6-16(9-10)21(17,18)14-8-13(20-3)12(19-2)7-11(14)15/h7-8,10H,4-6,9H2,1-3H3/t10-/m1/s1. The molecule has 21 heavy (non-hydrogen) atoms. The van der Waals surface area contributed by atoms with Crippen molar-refractivity contribution in [2.75, 3.05) is 27.3 Å². The van der Waals surface area contributed by atoms with E-state index >= 15 is 0 Å². The fraction of sp³-hybridized carbons (Fsp3) is 0.571. The van der Waals surface area contributed by atoms with E-state index in [0.717, 1.165) is 18.9 Å². The van der Waals surface area contributed by atoms with Crippen LogP contribution in [0.4, 0.5) is 4.39 Å². The summed E-state index contributed by atoms with van der Waals surface area (Å²) in [5.41, 5.74) is 0. The second kappa shape index (κ2) is 6.19. The molecule has 0 radical (unpaired) electrons. The zero-order chi connectivity index (χ0) is 15.6. The minimum Gasteiger partial charge on any atom is -0.493 e. The van der Waals surface area contributed by atoms with Gasteiger partial charge in [0.05, 0.1) is 14.2 Å².